The van der Waals surface area contributed by atoms with Crippen LogP contribution in [0.2, 0.25) is 0 Å². The van der Waals surface area contributed by atoms with Crippen molar-refractivity contribution < 1.29 is 14.7 Å². The maximum absolute atomic E-state index is 12.6. The molecule has 126 valence electrons. The van der Waals surface area contributed by atoms with Gasteiger partial charge >= 0.3 is 0 Å². The summed E-state index contributed by atoms with van der Waals surface area (Å²) in [5.74, 6) is -1.22. The van der Waals surface area contributed by atoms with E-state index in [1.54, 1.807) is 12.1 Å². The molecular formula is C16H14N6O3. The van der Waals surface area contributed by atoms with Gasteiger partial charge in [-0.15, -0.1) is 10.2 Å². The summed E-state index contributed by atoms with van der Waals surface area (Å²) in [6, 6.07) is 8.12. The van der Waals surface area contributed by atoms with Gasteiger partial charge in [0.05, 0.1) is 5.69 Å². The average Bonchev–Trinajstić information content (AvgIpc) is 3.22. The molecule has 0 unspecified atom stereocenters. The average molecular weight is 338 g/mol. The van der Waals surface area contributed by atoms with Crippen molar-refractivity contribution in [2.45, 2.75) is 19.6 Å². The summed E-state index contributed by atoms with van der Waals surface area (Å²) in [6.45, 7) is 3.65. The summed E-state index contributed by atoms with van der Waals surface area (Å²) in [4.78, 5) is 25.1. The van der Waals surface area contributed by atoms with E-state index in [0.29, 0.717) is 0 Å². The number of nitrogens with zero attached hydrogens (tertiary/aromatic N) is 5. The van der Waals surface area contributed by atoms with Crippen LogP contribution in [-0.2, 0) is 0 Å². The highest BCUT2D eigenvalue weighted by Crippen LogP contribution is 2.29. The molecule has 9 nitrogen and oxygen atoms in total. The second kappa shape index (κ2) is 5.08. The number of carbonyl (C=O) groups excluding carboxylic acids is 2. The molecule has 0 atom stereocenters. The summed E-state index contributed by atoms with van der Waals surface area (Å²) in [7, 11) is 0. The van der Waals surface area contributed by atoms with Crippen molar-refractivity contribution in [2.75, 3.05) is 5.43 Å². The predicted octanol–water partition coefficient (Wildman–Crippen LogP) is 0.392. The van der Waals surface area contributed by atoms with Gasteiger partial charge in [0.15, 0.2) is 0 Å². The summed E-state index contributed by atoms with van der Waals surface area (Å²) in [6.07, 6.45) is 1.26. The van der Waals surface area contributed by atoms with Gasteiger partial charge in [0.1, 0.15) is 6.33 Å². The monoisotopic (exact) mass is 338 g/mol. The van der Waals surface area contributed by atoms with Gasteiger partial charge in [-0.25, -0.2) is 9.36 Å². The fourth-order valence-electron chi connectivity index (χ4n) is 2.93. The van der Waals surface area contributed by atoms with E-state index < -0.39 is 17.3 Å². The summed E-state index contributed by atoms with van der Waals surface area (Å²) in [5, 5.41) is 22.8. The Balaban J connectivity index is 1.75. The number of aromatic nitrogens is 5. The van der Waals surface area contributed by atoms with Crippen LogP contribution in [0.5, 0.6) is 0 Å². The van der Waals surface area contributed by atoms with E-state index in [1.807, 2.05) is 19.9 Å². The lowest BCUT2D eigenvalue weighted by Crippen LogP contribution is -2.52. The van der Waals surface area contributed by atoms with Gasteiger partial charge in [-0.1, -0.05) is 24.3 Å². The minimum absolute atomic E-state index is 0.170. The van der Waals surface area contributed by atoms with E-state index in [9.17, 15) is 14.7 Å². The van der Waals surface area contributed by atoms with E-state index in [-0.39, 0.29) is 17.1 Å². The molecule has 0 amide bonds. The van der Waals surface area contributed by atoms with Gasteiger partial charge in [-0.2, -0.15) is 5.10 Å². The van der Waals surface area contributed by atoms with Crippen molar-refractivity contribution >= 4 is 11.6 Å². The van der Waals surface area contributed by atoms with Gasteiger partial charge in [-0.05, 0) is 19.9 Å². The van der Waals surface area contributed by atoms with Gasteiger partial charge in [0.2, 0.25) is 11.6 Å². The highest BCUT2D eigenvalue weighted by Gasteiger charge is 2.53. The zero-order valence-electron chi connectivity index (χ0n) is 13.5. The number of Topliss-reactive ketones (excluding diaryl/α,β-unsaturated/α-hetero) is 2. The fraction of sp³-hybridized carbons (Fsp3) is 0.188. The van der Waals surface area contributed by atoms with Gasteiger partial charge < -0.3 is 5.11 Å². The van der Waals surface area contributed by atoms with Gasteiger partial charge in [0.25, 0.3) is 11.7 Å². The molecule has 0 saturated heterocycles. The third-order valence-corrected chi connectivity index (χ3v) is 4.08. The Morgan fingerprint density at radius 2 is 1.76 bits per heavy atom. The van der Waals surface area contributed by atoms with Crippen LogP contribution >= 0.6 is 0 Å². The van der Waals surface area contributed by atoms with Crippen LogP contribution in [0.4, 0.5) is 0 Å². The number of aliphatic hydroxyl groups is 1. The molecule has 25 heavy (non-hydrogen) atoms. The molecule has 1 aliphatic carbocycles. The number of hydrogen-bond acceptors (Lipinski definition) is 7. The Morgan fingerprint density at radius 1 is 1.12 bits per heavy atom. The van der Waals surface area contributed by atoms with E-state index >= 15 is 0 Å². The van der Waals surface area contributed by atoms with E-state index in [2.05, 4.69) is 20.7 Å². The van der Waals surface area contributed by atoms with Gasteiger partial charge in [-0.3, -0.25) is 15.0 Å². The second-order valence-corrected chi connectivity index (χ2v) is 5.87. The molecule has 2 N–H and O–H groups in total. The van der Waals surface area contributed by atoms with Crippen molar-refractivity contribution in [1.29, 1.82) is 0 Å². The largest absolute Gasteiger partial charge is 0.357 e. The number of rotatable bonds is 3. The Bertz CT molecular complexity index is 984. The van der Waals surface area contributed by atoms with Crippen molar-refractivity contribution in [3.8, 4) is 5.95 Å². The molecule has 0 bridgehead atoms. The molecule has 9 heteroatoms. The SMILES string of the molecule is Cc1cc(C)n(-c2nncn2NC2(O)C(=O)c3ccccc3C2=O)n1. The molecule has 1 aromatic carbocycles. The van der Waals surface area contributed by atoms with E-state index in [1.165, 1.54) is 27.8 Å². The van der Waals surface area contributed by atoms with Gasteiger partial charge in [0, 0.05) is 16.8 Å². The third kappa shape index (κ3) is 2.09. The maximum Gasteiger partial charge on any atom is 0.279 e. The zero-order valence-corrected chi connectivity index (χ0v) is 13.5. The smallest absolute Gasteiger partial charge is 0.279 e. The zero-order chi connectivity index (χ0) is 17.8. The lowest BCUT2D eigenvalue weighted by atomic mass is 10.1. The topological polar surface area (TPSA) is 115 Å². The Hall–Kier alpha value is -3.33. The molecule has 0 saturated carbocycles. The standard InChI is InChI=1S/C16H14N6O3/c1-9-7-10(2)22(19-9)15-18-17-8-21(15)20-16(25)13(23)11-5-3-4-6-12(11)14(16)24/h3-8,20,25H,1-2H3. The van der Waals surface area contributed by atoms with Crippen LogP contribution in [0.15, 0.2) is 36.7 Å². The molecule has 0 radical (unpaired) electrons. The number of ketones is 2. The lowest BCUT2D eigenvalue weighted by molar-refractivity contribution is 0.0385. The van der Waals surface area contributed by atoms with Crippen LogP contribution in [0.1, 0.15) is 32.1 Å². The minimum atomic E-state index is -2.42. The normalized spacial score (nSPS) is 15.5. The predicted molar refractivity (Wildman–Crippen MR) is 86.0 cm³/mol. The lowest BCUT2D eigenvalue weighted by Gasteiger charge is -2.22. The number of carbonyl (C=O) groups is 2. The molecule has 2 aromatic heterocycles. The number of benzene rings is 1. The van der Waals surface area contributed by atoms with E-state index in [4.69, 9.17) is 0 Å². The van der Waals surface area contributed by atoms with Crippen LogP contribution in [0, 0.1) is 13.8 Å². The molecule has 0 aliphatic heterocycles. The minimum Gasteiger partial charge on any atom is -0.357 e. The van der Waals surface area contributed by atoms with Crippen molar-refractivity contribution in [2.24, 2.45) is 0 Å². The van der Waals surface area contributed by atoms with Crippen molar-refractivity contribution in [3.63, 3.8) is 0 Å². The first-order valence-electron chi connectivity index (χ1n) is 7.54. The number of aryl methyl sites for hydroxylation is 2. The summed E-state index contributed by atoms with van der Waals surface area (Å²) < 4.78 is 2.71. The van der Waals surface area contributed by atoms with Crippen LogP contribution in [0.3, 0.4) is 0 Å². The summed E-state index contributed by atoms with van der Waals surface area (Å²) in [5.41, 5.74) is 2.01. The molecule has 1 aliphatic rings. The number of fused-ring (bicyclic) bond motifs is 1. The fourth-order valence-corrected chi connectivity index (χ4v) is 2.93. The van der Waals surface area contributed by atoms with Crippen LogP contribution < -0.4 is 5.43 Å². The first-order valence-corrected chi connectivity index (χ1v) is 7.54. The first kappa shape index (κ1) is 15.2. The molecule has 2 heterocycles. The number of hydrogen-bond donors (Lipinski definition) is 2. The maximum atomic E-state index is 12.6. The molecular weight excluding hydrogens is 324 g/mol. The molecule has 4 rings (SSSR count). The van der Waals surface area contributed by atoms with Crippen molar-refractivity contribution in [3.05, 3.63) is 59.2 Å². The molecule has 0 fully saturated rings. The third-order valence-electron chi connectivity index (χ3n) is 4.08. The molecule has 0 spiro atoms. The van der Waals surface area contributed by atoms with Crippen molar-refractivity contribution in [1.82, 2.24) is 24.7 Å². The van der Waals surface area contributed by atoms with Crippen LogP contribution in [-0.4, -0.2) is 47.1 Å². The Labute approximate surface area is 141 Å². The molecule has 3 aromatic rings. The second-order valence-electron chi connectivity index (χ2n) is 5.87. The Morgan fingerprint density at radius 3 is 2.32 bits per heavy atom. The Kier molecular flexibility index (Phi) is 3.09. The number of nitrogens with one attached hydrogen (secondary N) is 1. The summed E-state index contributed by atoms with van der Waals surface area (Å²) >= 11 is 0. The van der Waals surface area contributed by atoms with E-state index in [0.717, 1.165) is 11.4 Å². The first-order chi connectivity index (χ1) is 11.9. The van der Waals surface area contributed by atoms with Crippen LogP contribution in [0.25, 0.3) is 5.95 Å². The highest BCUT2D eigenvalue weighted by molar-refractivity contribution is 6.32. The quantitative estimate of drug-likeness (QED) is 0.524. The highest BCUT2D eigenvalue weighted by atomic mass is 16.3.